The minimum atomic E-state index is -4.76. The third-order valence-corrected chi connectivity index (χ3v) is 12.3. The number of fused-ring (bicyclic) bond motifs is 1. The molecule has 7 atom stereocenters. The van der Waals surface area contributed by atoms with Crippen LogP contribution in [0.5, 0.6) is 5.75 Å². The lowest BCUT2D eigenvalue weighted by Gasteiger charge is -2.54. The predicted octanol–water partition coefficient (Wildman–Crippen LogP) is 4.00. The lowest BCUT2D eigenvalue weighted by Crippen LogP contribution is -2.56. The highest BCUT2D eigenvalue weighted by molar-refractivity contribution is 7.85. The molecule has 10 nitrogen and oxygen atoms in total. The molecular weight excluding hydrogens is 576 g/mol. The van der Waals surface area contributed by atoms with Crippen molar-refractivity contribution in [2.75, 3.05) is 0 Å². The molecular formula is C32H37O10S-. The van der Waals surface area contributed by atoms with Crippen LogP contribution in [0.2, 0.25) is 0 Å². The maximum atomic E-state index is 14.0. The highest BCUT2D eigenvalue weighted by atomic mass is 32.2. The summed E-state index contributed by atoms with van der Waals surface area (Å²) in [6.45, 7) is 7.19. The molecule has 8 rings (SSSR count). The van der Waals surface area contributed by atoms with Gasteiger partial charge >= 0.3 is 17.9 Å². The van der Waals surface area contributed by atoms with Crippen LogP contribution in [0.4, 0.5) is 0 Å². The zero-order chi connectivity index (χ0) is 30.8. The summed E-state index contributed by atoms with van der Waals surface area (Å²) >= 11 is 0. The molecule has 0 radical (unpaired) electrons. The molecule has 0 amide bonds. The number of ether oxygens (including phenoxy) is 3. The van der Waals surface area contributed by atoms with Crippen LogP contribution in [0.3, 0.4) is 0 Å². The molecule has 6 saturated carbocycles. The molecule has 0 N–H and O–H groups in total. The van der Waals surface area contributed by atoms with Crippen molar-refractivity contribution in [1.29, 1.82) is 0 Å². The minimum Gasteiger partial charge on any atom is -0.744 e. The predicted molar refractivity (Wildman–Crippen MR) is 148 cm³/mol. The Hall–Kier alpha value is -2.79. The Morgan fingerprint density at radius 3 is 2.09 bits per heavy atom. The molecule has 0 spiro atoms. The van der Waals surface area contributed by atoms with Crippen LogP contribution in [0.15, 0.2) is 17.0 Å². The van der Waals surface area contributed by atoms with Gasteiger partial charge < -0.3 is 18.8 Å². The monoisotopic (exact) mass is 613 g/mol. The highest BCUT2D eigenvalue weighted by Gasteiger charge is 2.76. The average molecular weight is 614 g/mol. The summed E-state index contributed by atoms with van der Waals surface area (Å²) in [6.07, 6.45) is 2.72. The van der Waals surface area contributed by atoms with Gasteiger partial charge in [-0.1, -0.05) is 27.7 Å². The van der Waals surface area contributed by atoms with Gasteiger partial charge in [0.15, 0.2) is 5.41 Å². The second kappa shape index (κ2) is 9.36. The fourth-order valence-electron chi connectivity index (χ4n) is 9.63. The molecule has 7 aliphatic rings. The third kappa shape index (κ3) is 4.09. The van der Waals surface area contributed by atoms with E-state index in [1.807, 2.05) is 0 Å². The van der Waals surface area contributed by atoms with Gasteiger partial charge in [-0.05, 0) is 86.0 Å². The standard InChI is InChI=1S/C32H38O10S/c1-14(2)21-8-20(43(37,38)39)9-22(15(3)4)26(21)41-29(35)32-13-19-7-23(32)27(42-30(32)36)25(19)40-28(34)31-10-16-5-17(11-31)24(33)18(6-16)12-31/h8-9,14-19,23,25,27H,5-7,10-13H2,1-4H3,(H,37,38,39)/p-1. The van der Waals surface area contributed by atoms with Crippen LogP contribution < -0.4 is 4.74 Å². The van der Waals surface area contributed by atoms with Crippen molar-refractivity contribution in [3.63, 3.8) is 0 Å². The van der Waals surface area contributed by atoms with E-state index in [9.17, 15) is 32.1 Å². The number of Topliss-reactive ketones (excluding diaryl/α,β-unsaturated/α-hetero) is 1. The summed E-state index contributed by atoms with van der Waals surface area (Å²) < 4.78 is 53.6. The SMILES string of the molecule is CC(C)c1cc(S(=O)(=O)[O-])cc(C(C)C)c1OC(=O)C12CC3CC1C(OC2=O)C3OC(=O)C12CC3CC(C1)C(=O)C(C3)C2. The third-order valence-electron chi connectivity index (χ3n) is 11.4. The largest absolute Gasteiger partial charge is 0.744 e. The molecule has 1 saturated heterocycles. The van der Waals surface area contributed by atoms with Gasteiger partial charge in [-0.3, -0.25) is 19.2 Å². The van der Waals surface area contributed by atoms with Crippen molar-refractivity contribution in [3.8, 4) is 5.75 Å². The van der Waals surface area contributed by atoms with Crippen molar-refractivity contribution in [2.45, 2.75) is 102 Å². The number of hydrogen-bond donors (Lipinski definition) is 0. The molecule has 11 heteroatoms. The van der Waals surface area contributed by atoms with E-state index < -0.39 is 55.9 Å². The van der Waals surface area contributed by atoms with Gasteiger partial charge in [-0.25, -0.2) is 8.42 Å². The number of ketones is 1. The molecule has 6 aliphatic carbocycles. The van der Waals surface area contributed by atoms with Crippen LogP contribution in [-0.2, 0) is 38.8 Å². The van der Waals surface area contributed by atoms with Crippen LogP contribution in [0.1, 0.15) is 95.6 Å². The van der Waals surface area contributed by atoms with Crippen molar-refractivity contribution < 1.29 is 46.4 Å². The molecule has 232 valence electrons. The van der Waals surface area contributed by atoms with Crippen molar-refractivity contribution in [1.82, 2.24) is 0 Å². The second-order valence-electron chi connectivity index (χ2n) is 14.6. The Balaban J connectivity index is 1.14. The van der Waals surface area contributed by atoms with Gasteiger partial charge in [0.25, 0.3) is 0 Å². The first-order chi connectivity index (χ1) is 20.1. The van der Waals surface area contributed by atoms with E-state index in [1.54, 1.807) is 27.7 Å². The summed E-state index contributed by atoms with van der Waals surface area (Å²) in [7, 11) is -4.76. The summed E-state index contributed by atoms with van der Waals surface area (Å²) in [5.41, 5.74) is -1.43. The van der Waals surface area contributed by atoms with Crippen LogP contribution >= 0.6 is 0 Å². The number of esters is 3. The first-order valence-electron chi connectivity index (χ1n) is 15.5. The molecule has 1 heterocycles. The molecule has 7 unspecified atom stereocenters. The number of rotatable bonds is 7. The normalized spacial score (nSPS) is 38.7. The van der Waals surface area contributed by atoms with E-state index in [4.69, 9.17) is 14.2 Å². The lowest BCUT2D eigenvalue weighted by molar-refractivity contribution is -0.186. The number of hydrogen-bond acceptors (Lipinski definition) is 10. The van der Waals surface area contributed by atoms with Gasteiger partial charge in [-0.15, -0.1) is 0 Å². The zero-order valence-electron chi connectivity index (χ0n) is 24.8. The van der Waals surface area contributed by atoms with Crippen LogP contribution in [0, 0.1) is 40.4 Å². The van der Waals surface area contributed by atoms with Gasteiger partial charge in [0.1, 0.15) is 33.9 Å². The Morgan fingerprint density at radius 2 is 1.53 bits per heavy atom. The van der Waals surface area contributed by atoms with Crippen molar-refractivity contribution >= 4 is 33.8 Å². The van der Waals surface area contributed by atoms with E-state index in [1.165, 1.54) is 12.1 Å². The summed E-state index contributed by atoms with van der Waals surface area (Å²) in [5, 5.41) is 0. The van der Waals surface area contributed by atoms with Gasteiger partial charge in [0, 0.05) is 23.7 Å². The van der Waals surface area contributed by atoms with E-state index in [-0.39, 0.29) is 53.5 Å². The fourth-order valence-corrected chi connectivity index (χ4v) is 10.2. The summed E-state index contributed by atoms with van der Waals surface area (Å²) in [4.78, 5) is 53.4. The molecule has 7 fully saturated rings. The van der Waals surface area contributed by atoms with E-state index >= 15 is 0 Å². The quantitative estimate of drug-likeness (QED) is 0.191. The Labute approximate surface area is 251 Å². The Morgan fingerprint density at radius 1 is 0.930 bits per heavy atom. The first kappa shape index (κ1) is 29.0. The molecule has 1 aliphatic heterocycles. The molecule has 43 heavy (non-hydrogen) atoms. The maximum Gasteiger partial charge on any atom is 0.329 e. The van der Waals surface area contributed by atoms with Gasteiger partial charge in [0.05, 0.1) is 10.3 Å². The Kier molecular flexibility index (Phi) is 6.30. The summed E-state index contributed by atoms with van der Waals surface area (Å²) in [6, 6.07) is 2.48. The van der Waals surface area contributed by atoms with Crippen molar-refractivity contribution in [3.05, 3.63) is 23.3 Å². The van der Waals surface area contributed by atoms with E-state index in [2.05, 4.69) is 0 Å². The van der Waals surface area contributed by atoms with Crippen LogP contribution in [0.25, 0.3) is 0 Å². The smallest absolute Gasteiger partial charge is 0.329 e. The molecule has 0 aromatic heterocycles. The fraction of sp³-hybridized carbons (Fsp3) is 0.688. The zero-order valence-corrected chi connectivity index (χ0v) is 25.6. The minimum absolute atomic E-state index is 0.0696. The van der Waals surface area contributed by atoms with Gasteiger partial charge in [-0.2, -0.15) is 0 Å². The number of carbonyl (C=O) groups is 4. The van der Waals surface area contributed by atoms with Crippen molar-refractivity contribution in [2.24, 2.45) is 40.4 Å². The second-order valence-corrected chi connectivity index (χ2v) is 16.0. The molecule has 1 aromatic rings. The number of benzene rings is 1. The Bertz CT molecular complexity index is 1510. The van der Waals surface area contributed by atoms with Gasteiger partial charge in [0.2, 0.25) is 0 Å². The van der Waals surface area contributed by atoms with E-state index in [0.717, 1.165) is 19.3 Å². The van der Waals surface area contributed by atoms with E-state index in [0.29, 0.717) is 36.3 Å². The first-order valence-corrected chi connectivity index (χ1v) is 16.9. The maximum absolute atomic E-state index is 14.0. The molecule has 1 aromatic carbocycles. The van der Waals surface area contributed by atoms with Crippen LogP contribution in [-0.4, -0.2) is 48.9 Å². The number of carbonyl (C=O) groups excluding carboxylic acids is 4. The topological polar surface area (TPSA) is 153 Å². The average Bonchev–Trinajstić information content (AvgIpc) is 3.53. The summed E-state index contributed by atoms with van der Waals surface area (Å²) in [5.74, 6) is -2.42. The lowest BCUT2D eigenvalue weighted by atomic mass is 9.49. The highest BCUT2D eigenvalue weighted by Crippen LogP contribution is 2.64. The molecule has 6 bridgehead atoms.